The average molecular weight is 616 g/mol. The van der Waals surface area contributed by atoms with Crippen LogP contribution in [-0.2, 0) is 24.3 Å². The van der Waals surface area contributed by atoms with E-state index in [-0.39, 0.29) is 53.1 Å². The van der Waals surface area contributed by atoms with E-state index in [2.05, 4.69) is 15.0 Å². The molecule has 4 heterocycles. The van der Waals surface area contributed by atoms with Gasteiger partial charge in [0, 0.05) is 42.5 Å². The first-order chi connectivity index (χ1) is 21.7. The number of aromatic nitrogens is 4. The van der Waals surface area contributed by atoms with Crippen molar-refractivity contribution in [1.29, 1.82) is 0 Å². The van der Waals surface area contributed by atoms with Crippen LogP contribution in [-0.4, -0.2) is 56.3 Å². The van der Waals surface area contributed by atoms with Crippen molar-refractivity contribution >= 4 is 22.9 Å². The molecule has 13 heteroatoms. The molecule has 5 aromatic rings. The van der Waals surface area contributed by atoms with Gasteiger partial charge in [0.15, 0.2) is 0 Å². The van der Waals surface area contributed by atoms with Gasteiger partial charge in [0.25, 0.3) is 5.91 Å². The monoisotopic (exact) mass is 615 g/mol. The number of amides is 1. The smallest absolute Gasteiger partial charge is 0.335 e. The van der Waals surface area contributed by atoms with Crippen LogP contribution in [0, 0.1) is 11.6 Å². The molecule has 3 aromatic heterocycles. The highest BCUT2D eigenvalue weighted by Gasteiger charge is 2.24. The highest BCUT2D eigenvalue weighted by Crippen LogP contribution is 2.29. The Bertz CT molecular complexity index is 1940. The molecule has 11 nitrogen and oxygen atoms in total. The number of imidazole rings is 1. The molecule has 1 unspecified atom stereocenters. The van der Waals surface area contributed by atoms with Crippen LogP contribution >= 0.6 is 0 Å². The Morgan fingerprint density at radius 3 is 2.62 bits per heavy atom. The number of hydrogen-bond donors (Lipinski definition) is 2. The molecule has 1 amide bonds. The van der Waals surface area contributed by atoms with Crippen molar-refractivity contribution in [3.63, 3.8) is 0 Å². The minimum Gasteiger partial charge on any atom is -0.496 e. The Balaban J connectivity index is 1.25. The highest BCUT2D eigenvalue weighted by molar-refractivity contribution is 5.92. The summed E-state index contributed by atoms with van der Waals surface area (Å²) in [6, 6.07) is 12.9. The summed E-state index contributed by atoms with van der Waals surface area (Å²) in [5.74, 6) is -2.19. The molecule has 230 valence electrons. The number of halogens is 2. The van der Waals surface area contributed by atoms with Crippen molar-refractivity contribution in [3.05, 3.63) is 101 Å². The predicted octanol–water partition coefficient (Wildman–Crippen LogP) is 4.54. The predicted molar refractivity (Wildman–Crippen MR) is 157 cm³/mol. The molecular formula is C32H27F2N5O6. The summed E-state index contributed by atoms with van der Waals surface area (Å²) < 4.78 is 49.5. The molecule has 1 aliphatic rings. The lowest BCUT2D eigenvalue weighted by molar-refractivity contribution is -0.0589. The minimum absolute atomic E-state index is 0.0255. The molecule has 1 saturated heterocycles. The summed E-state index contributed by atoms with van der Waals surface area (Å²) in [4.78, 5) is 35.9. The van der Waals surface area contributed by atoms with E-state index in [0.29, 0.717) is 41.3 Å². The lowest BCUT2D eigenvalue weighted by Crippen LogP contribution is -2.31. The van der Waals surface area contributed by atoms with Crippen molar-refractivity contribution in [3.8, 4) is 22.9 Å². The molecule has 2 aromatic carbocycles. The number of primary amides is 1. The van der Waals surface area contributed by atoms with Gasteiger partial charge >= 0.3 is 5.97 Å². The number of benzene rings is 2. The van der Waals surface area contributed by atoms with Crippen LogP contribution in [0.2, 0.25) is 0 Å². The number of carbonyl (C=O) groups excluding carboxylic acids is 1. The van der Waals surface area contributed by atoms with Gasteiger partial charge < -0.3 is 29.6 Å². The highest BCUT2D eigenvalue weighted by atomic mass is 19.1. The van der Waals surface area contributed by atoms with Gasteiger partial charge in [0.1, 0.15) is 35.5 Å². The number of ether oxygens (including phenoxy) is 3. The van der Waals surface area contributed by atoms with Gasteiger partial charge in [-0.1, -0.05) is 6.07 Å². The van der Waals surface area contributed by atoms with E-state index in [1.807, 2.05) is 4.57 Å². The number of carboxylic acids is 1. The van der Waals surface area contributed by atoms with E-state index in [4.69, 9.17) is 19.9 Å². The molecule has 1 fully saturated rings. The molecule has 0 bridgehead atoms. The first-order valence-electron chi connectivity index (χ1n) is 13.9. The summed E-state index contributed by atoms with van der Waals surface area (Å²) in [7, 11) is 1.43. The number of carbonyl (C=O) groups is 2. The van der Waals surface area contributed by atoms with Gasteiger partial charge in [-0.2, -0.15) is 0 Å². The van der Waals surface area contributed by atoms with Gasteiger partial charge in [-0.05, 0) is 48.4 Å². The van der Waals surface area contributed by atoms with Crippen molar-refractivity contribution in [2.45, 2.75) is 32.1 Å². The zero-order valence-electron chi connectivity index (χ0n) is 24.0. The van der Waals surface area contributed by atoms with Crippen LogP contribution in [0.3, 0.4) is 0 Å². The third kappa shape index (κ3) is 6.15. The molecule has 0 spiro atoms. The van der Waals surface area contributed by atoms with Crippen molar-refractivity contribution < 1.29 is 37.7 Å². The lowest BCUT2D eigenvalue weighted by atomic mass is 10.0. The Kier molecular flexibility index (Phi) is 8.09. The van der Waals surface area contributed by atoms with Gasteiger partial charge in [-0.3, -0.25) is 9.78 Å². The maximum absolute atomic E-state index is 15.5. The van der Waals surface area contributed by atoms with Gasteiger partial charge in [-0.25, -0.2) is 23.5 Å². The fraction of sp³-hybridized carbons (Fsp3) is 0.219. The fourth-order valence-corrected chi connectivity index (χ4v) is 5.06. The van der Waals surface area contributed by atoms with Gasteiger partial charge in [-0.15, -0.1) is 0 Å². The van der Waals surface area contributed by atoms with Crippen molar-refractivity contribution in [2.24, 2.45) is 5.73 Å². The molecule has 0 saturated carbocycles. The number of pyridine rings is 2. The number of fused-ring (bicyclic) bond motifs is 1. The summed E-state index contributed by atoms with van der Waals surface area (Å²) in [5, 5.41) is 9.47. The second-order valence-electron chi connectivity index (χ2n) is 10.4. The number of aromatic carboxylic acids is 1. The van der Waals surface area contributed by atoms with E-state index in [1.165, 1.54) is 37.6 Å². The third-order valence-corrected chi connectivity index (χ3v) is 7.53. The second kappa shape index (κ2) is 12.3. The second-order valence-corrected chi connectivity index (χ2v) is 10.4. The first kappa shape index (κ1) is 29.6. The van der Waals surface area contributed by atoms with Crippen LogP contribution < -0.4 is 15.2 Å². The summed E-state index contributed by atoms with van der Waals surface area (Å²) in [6.45, 7) is 1.01. The first-order valence-corrected chi connectivity index (χ1v) is 13.9. The summed E-state index contributed by atoms with van der Waals surface area (Å²) in [6.07, 6.45) is 2.12. The largest absolute Gasteiger partial charge is 0.496 e. The molecule has 1 atom stereocenters. The Labute approximate surface area is 255 Å². The number of carboxylic acid groups (broad SMARTS) is 1. The van der Waals surface area contributed by atoms with E-state index in [1.54, 1.807) is 18.2 Å². The maximum atomic E-state index is 15.5. The number of rotatable bonds is 11. The van der Waals surface area contributed by atoms with Gasteiger partial charge in [0.05, 0.1) is 42.0 Å². The van der Waals surface area contributed by atoms with Crippen LogP contribution in [0.4, 0.5) is 8.78 Å². The topological polar surface area (TPSA) is 152 Å². The Hall–Kier alpha value is -5.43. The van der Waals surface area contributed by atoms with Gasteiger partial charge in [0.2, 0.25) is 5.88 Å². The van der Waals surface area contributed by atoms with Crippen LogP contribution in [0.5, 0.6) is 11.6 Å². The SMILES string of the molecule is COc1cc(C(N)=O)ncc1COc1cccc(-c2cc(F)c(Cc3nc4ccc(C(=O)O)cc4n3CC3CCO3)cc2F)n1. The third-order valence-electron chi connectivity index (χ3n) is 7.53. The standard InChI is InChI=1S/C32H27F2N5O6/c1-43-28-13-26(31(35)40)36-14-19(28)16-45-30-4-2-3-24(38-30)21-12-22(33)18(9-23(21)34)11-29-37-25-6-5-17(32(41)42)10-27(25)39(29)15-20-7-8-44-20/h2-6,9-10,12-14,20H,7-8,11,15-16H2,1H3,(H2,35,40)(H,41,42). The van der Waals surface area contributed by atoms with E-state index < -0.39 is 23.5 Å². The number of methoxy groups -OCH3 is 1. The minimum atomic E-state index is -1.08. The van der Waals surface area contributed by atoms with E-state index >= 15 is 8.78 Å². The molecular weight excluding hydrogens is 588 g/mol. The van der Waals surface area contributed by atoms with Crippen LogP contribution in [0.1, 0.15) is 44.2 Å². The normalized spacial score (nSPS) is 14.2. The van der Waals surface area contributed by atoms with Crippen LogP contribution in [0.15, 0.2) is 60.8 Å². The molecule has 0 aliphatic carbocycles. The summed E-state index contributed by atoms with van der Waals surface area (Å²) >= 11 is 0. The Morgan fingerprint density at radius 1 is 1.09 bits per heavy atom. The van der Waals surface area contributed by atoms with E-state index in [9.17, 15) is 14.7 Å². The molecule has 6 rings (SSSR count). The maximum Gasteiger partial charge on any atom is 0.335 e. The number of nitrogens with two attached hydrogens (primary N) is 1. The molecule has 0 radical (unpaired) electrons. The molecule has 3 N–H and O–H groups in total. The van der Waals surface area contributed by atoms with Crippen LogP contribution in [0.25, 0.3) is 22.3 Å². The lowest BCUT2D eigenvalue weighted by Gasteiger charge is -2.27. The number of nitrogens with zero attached hydrogens (tertiary/aromatic N) is 4. The number of hydrogen-bond acceptors (Lipinski definition) is 8. The van der Waals surface area contributed by atoms with Crippen molar-refractivity contribution in [1.82, 2.24) is 19.5 Å². The quantitative estimate of drug-likeness (QED) is 0.218. The zero-order chi connectivity index (χ0) is 31.7. The van der Waals surface area contributed by atoms with E-state index in [0.717, 1.165) is 18.6 Å². The average Bonchev–Trinajstić information content (AvgIpc) is 3.35. The Morgan fingerprint density at radius 2 is 1.91 bits per heavy atom. The molecule has 45 heavy (non-hydrogen) atoms. The van der Waals surface area contributed by atoms with Crippen molar-refractivity contribution in [2.75, 3.05) is 13.7 Å². The fourth-order valence-electron chi connectivity index (χ4n) is 5.06. The summed E-state index contributed by atoms with van der Waals surface area (Å²) in [5.41, 5.74) is 7.22. The zero-order valence-corrected chi connectivity index (χ0v) is 24.0. The molecule has 1 aliphatic heterocycles.